The molecule has 0 atom stereocenters. The Balaban J connectivity index is 1.38. The minimum Gasteiger partial charge on any atom is -0.295 e. The van der Waals surface area contributed by atoms with Gasteiger partial charge in [-0.2, -0.15) is 0 Å². The third kappa shape index (κ3) is 13.7. The molecule has 1 saturated heterocycles. The van der Waals surface area contributed by atoms with Crippen LogP contribution in [0.5, 0.6) is 0 Å². The maximum atomic E-state index is 11.8. The maximum absolute atomic E-state index is 11.8. The molecule has 16 nitrogen and oxygen atoms in total. The highest BCUT2D eigenvalue weighted by molar-refractivity contribution is 5.95. The Labute approximate surface area is 338 Å². The summed E-state index contributed by atoms with van der Waals surface area (Å²) in [5, 5.41) is 43.7. The molecule has 1 aliphatic rings. The van der Waals surface area contributed by atoms with Crippen molar-refractivity contribution in [2.24, 2.45) is 41.4 Å². The SMILES string of the molecule is CC(=O)c1ccc(N=NN2CCCN(N=Nc3ccc(C(C)=O)cc3)CCN(N=Nc3ccc(C(C)=O)cc3)CCCN(N=Nc3ccc(C(C)=O)cc3)CC2)cc1. The van der Waals surface area contributed by atoms with Gasteiger partial charge in [0.25, 0.3) is 0 Å². The van der Waals surface area contributed by atoms with E-state index in [0.717, 1.165) is 0 Å². The van der Waals surface area contributed by atoms with Gasteiger partial charge in [-0.15, -0.1) is 20.5 Å². The molecule has 0 radical (unpaired) electrons. The molecular weight excluding hydrogens is 737 g/mol. The number of nitrogens with zero attached hydrogens (tertiary/aromatic N) is 12. The van der Waals surface area contributed by atoms with E-state index in [1.54, 1.807) is 97.1 Å². The van der Waals surface area contributed by atoms with Crippen molar-refractivity contribution in [2.75, 3.05) is 52.4 Å². The zero-order valence-corrected chi connectivity index (χ0v) is 33.3. The third-order valence-electron chi connectivity index (χ3n) is 9.14. The summed E-state index contributed by atoms with van der Waals surface area (Å²) in [6.07, 6.45) is 1.30. The number of rotatable bonds is 12. The van der Waals surface area contributed by atoms with Gasteiger partial charge in [-0.05, 0) is 138 Å². The molecule has 0 unspecified atom stereocenters. The van der Waals surface area contributed by atoms with Crippen LogP contribution in [0.25, 0.3) is 0 Å². The summed E-state index contributed by atoms with van der Waals surface area (Å²) in [5.74, 6) is -0.0973. The van der Waals surface area contributed by atoms with Crippen molar-refractivity contribution in [1.29, 1.82) is 0 Å². The quantitative estimate of drug-likeness (QED) is 0.101. The molecule has 0 N–H and O–H groups in total. The Morgan fingerprint density at radius 3 is 0.690 bits per heavy atom. The summed E-state index contributed by atoms with van der Waals surface area (Å²) in [6, 6.07) is 27.9. The standard InChI is InChI=1S/C42H48N12O4/c1-31(55)35-7-15-39(16-8-35)43-47-51-23-5-24-53(49-45-41-19-11-37(12-20-41)33(3)57)29-30-54(50-46-42-21-13-38(14-22-42)34(4)58)26-6-25-52(28-27-51)48-44-40-17-9-36(10-18-40)32(2)56/h7-22H,5-6,23-30H2,1-4H3. The van der Waals surface area contributed by atoms with E-state index >= 15 is 0 Å². The lowest BCUT2D eigenvalue weighted by molar-refractivity contribution is 0.100. The van der Waals surface area contributed by atoms with Crippen LogP contribution in [0.4, 0.5) is 22.7 Å². The second-order valence-corrected chi connectivity index (χ2v) is 13.7. The van der Waals surface area contributed by atoms with E-state index in [9.17, 15) is 19.2 Å². The zero-order valence-electron chi connectivity index (χ0n) is 33.3. The normalized spacial score (nSPS) is 15.1. The summed E-state index contributed by atoms with van der Waals surface area (Å²) in [7, 11) is 0. The average molecular weight is 785 g/mol. The van der Waals surface area contributed by atoms with Gasteiger partial charge in [0.15, 0.2) is 23.1 Å². The molecule has 1 aliphatic heterocycles. The third-order valence-corrected chi connectivity index (χ3v) is 9.14. The summed E-state index contributed by atoms with van der Waals surface area (Å²) in [6.45, 7) is 10.1. The van der Waals surface area contributed by atoms with E-state index in [0.29, 0.717) is 110 Å². The number of benzene rings is 4. The first-order valence-electron chi connectivity index (χ1n) is 19.1. The van der Waals surface area contributed by atoms with Crippen LogP contribution in [0.3, 0.4) is 0 Å². The van der Waals surface area contributed by atoms with E-state index < -0.39 is 0 Å². The van der Waals surface area contributed by atoms with Crippen molar-refractivity contribution in [3.05, 3.63) is 119 Å². The van der Waals surface area contributed by atoms with Gasteiger partial charge in [0.05, 0.1) is 48.9 Å². The van der Waals surface area contributed by atoms with E-state index in [1.807, 2.05) is 20.0 Å². The molecule has 4 aromatic rings. The minimum atomic E-state index is -0.0243. The molecule has 1 heterocycles. The number of Topliss-reactive ketones (excluding diaryl/α,β-unsaturated/α-hetero) is 4. The lowest BCUT2D eigenvalue weighted by atomic mass is 10.1. The van der Waals surface area contributed by atoms with Crippen LogP contribution in [0.15, 0.2) is 138 Å². The molecular formula is C42H48N12O4. The van der Waals surface area contributed by atoms with Crippen molar-refractivity contribution in [1.82, 2.24) is 20.0 Å². The summed E-state index contributed by atoms with van der Waals surface area (Å²) in [4.78, 5) is 47.2. The minimum absolute atomic E-state index is 0.0243. The largest absolute Gasteiger partial charge is 0.295 e. The second kappa shape index (κ2) is 21.5. The Bertz CT molecular complexity index is 1810. The molecule has 4 aromatic carbocycles. The Hall–Kier alpha value is -6.84. The highest BCUT2D eigenvalue weighted by atomic mass is 16.1. The molecule has 0 bridgehead atoms. The van der Waals surface area contributed by atoms with Crippen LogP contribution in [-0.2, 0) is 0 Å². The number of hydrogen-bond acceptors (Lipinski definition) is 12. The predicted octanol–water partition coefficient (Wildman–Crippen LogP) is 9.59. The van der Waals surface area contributed by atoms with Crippen LogP contribution < -0.4 is 0 Å². The average Bonchev–Trinajstić information content (AvgIpc) is 3.22. The molecule has 1 fully saturated rings. The van der Waals surface area contributed by atoms with Crippen molar-refractivity contribution < 1.29 is 19.2 Å². The number of ketones is 4. The molecule has 16 heteroatoms. The number of hydrogen-bond donors (Lipinski definition) is 0. The lowest BCUT2D eigenvalue weighted by Gasteiger charge is -2.27. The molecule has 5 rings (SSSR count). The van der Waals surface area contributed by atoms with E-state index in [1.165, 1.54) is 27.7 Å². The van der Waals surface area contributed by atoms with Crippen LogP contribution in [0.2, 0.25) is 0 Å². The fourth-order valence-electron chi connectivity index (χ4n) is 5.65. The summed E-state index contributed by atoms with van der Waals surface area (Å²) < 4.78 is 0. The predicted molar refractivity (Wildman–Crippen MR) is 219 cm³/mol. The molecule has 0 amide bonds. The first-order valence-corrected chi connectivity index (χ1v) is 19.1. The van der Waals surface area contributed by atoms with Gasteiger partial charge >= 0.3 is 0 Å². The smallest absolute Gasteiger partial charge is 0.159 e. The Morgan fingerprint density at radius 1 is 0.328 bits per heavy atom. The van der Waals surface area contributed by atoms with Crippen LogP contribution in [-0.4, -0.2) is 95.5 Å². The van der Waals surface area contributed by atoms with Gasteiger partial charge in [-0.25, -0.2) is 0 Å². The van der Waals surface area contributed by atoms with Gasteiger partial charge < -0.3 is 0 Å². The van der Waals surface area contributed by atoms with Crippen molar-refractivity contribution in [2.45, 2.75) is 40.5 Å². The van der Waals surface area contributed by atoms with Crippen LogP contribution in [0.1, 0.15) is 82.0 Å². The first-order chi connectivity index (χ1) is 28.0. The van der Waals surface area contributed by atoms with Crippen LogP contribution >= 0.6 is 0 Å². The van der Waals surface area contributed by atoms with E-state index in [2.05, 4.69) is 41.4 Å². The molecule has 0 spiro atoms. The fraction of sp³-hybridized carbons (Fsp3) is 0.333. The molecule has 0 aliphatic carbocycles. The Kier molecular flexibility index (Phi) is 15.7. The van der Waals surface area contributed by atoms with E-state index in [-0.39, 0.29) is 23.1 Å². The number of carbonyl (C=O) groups excluding carboxylic acids is 4. The van der Waals surface area contributed by atoms with Gasteiger partial charge in [0.1, 0.15) is 0 Å². The van der Waals surface area contributed by atoms with Gasteiger partial charge in [0.2, 0.25) is 0 Å². The molecule has 300 valence electrons. The van der Waals surface area contributed by atoms with Gasteiger partial charge in [0, 0.05) is 48.4 Å². The zero-order chi connectivity index (χ0) is 41.3. The van der Waals surface area contributed by atoms with Crippen molar-refractivity contribution in [3.63, 3.8) is 0 Å². The highest BCUT2D eigenvalue weighted by Gasteiger charge is 2.14. The van der Waals surface area contributed by atoms with Gasteiger partial charge in [-0.3, -0.25) is 39.2 Å². The van der Waals surface area contributed by atoms with E-state index in [4.69, 9.17) is 0 Å². The monoisotopic (exact) mass is 784 g/mol. The highest BCUT2D eigenvalue weighted by Crippen LogP contribution is 2.19. The Morgan fingerprint density at radius 2 is 0.517 bits per heavy atom. The van der Waals surface area contributed by atoms with Gasteiger partial charge in [-0.1, -0.05) is 20.9 Å². The van der Waals surface area contributed by atoms with Crippen LogP contribution in [0, 0.1) is 0 Å². The molecule has 0 saturated carbocycles. The molecule has 58 heavy (non-hydrogen) atoms. The fourth-order valence-corrected chi connectivity index (χ4v) is 5.65. The lowest BCUT2D eigenvalue weighted by Crippen LogP contribution is -2.36. The second-order valence-electron chi connectivity index (χ2n) is 13.7. The molecule has 0 aromatic heterocycles. The topological polar surface area (TPSA) is 180 Å². The summed E-state index contributed by atoms with van der Waals surface area (Å²) >= 11 is 0. The number of carbonyl (C=O) groups is 4. The summed E-state index contributed by atoms with van der Waals surface area (Å²) in [5.41, 5.74) is 4.86. The first kappa shape index (κ1) is 42.3. The van der Waals surface area contributed by atoms with Crippen molar-refractivity contribution in [3.8, 4) is 0 Å². The van der Waals surface area contributed by atoms with Crippen molar-refractivity contribution >= 4 is 45.9 Å². The maximum Gasteiger partial charge on any atom is 0.159 e.